The Kier molecular flexibility index (Phi) is 3.97. The van der Waals surface area contributed by atoms with Crippen LogP contribution in [0.25, 0.3) is 11.0 Å². The largest absolute Gasteiger partial charge is 0.362 e. The number of hydrogen-bond donors (Lipinski definition) is 1. The van der Waals surface area contributed by atoms with Gasteiger partial charge in [-0.2, -0.15) is 5.10 Å². The van der Waals surface area contributed by atoms with Gasteiger partial charge in [0.15, 0.2) is 15.5 Å². The molecule has 0 saturated heterocycles. The zero-order valence-electron chi connectivity index (χ0n) is 13.1. The highest BCUT2D eigenvalue weighted by atomic mass is 79.9. The number of halogens is 2. The van der Waals surface area contributed by atoms with Crippen LogP contribution in [0.3, 0.4) is 0 Å². The van der Waals surface area contributed by atoms with Gasteiger partial charge in [-0.25, -0.2) is 23.1 Å². The first-order chi connectivity index (χ1) is 11.9. The van der Waals surface area contributed by atoms with E-state index in [1.807, 2.05) is 0 Å². The smallest absolute Gasteiger partial charge is 0.178 e. The quantitative estimate of drug-likeness (QED) is 0.656. The van der Waals surface area contributed by atoms with Crippen molar-refractivity contribution in [2.45, 2.75) is 17.4 Å². The summed E-state index contributed by atoms with van der Waals surface area (Å²) in [6.07, 6.45) is 1.89. The number of aromatic nitrogens is 4. The molecule has 1 aliphatic rings. The minimum atomic E-state index is -3.29. The number of fused-ring (bicyclic) bond motifs is 2. The highest BCUT2D eigenvalue weighted by Gasteiger charge is 2.31. The van der Waals surface area contributed by atoms with E-state index in [4.69, 9.17) is 11.6 Å². The molecule has 1 aromatic carbocycles. The fraction of sp³-hybridized carbons (Fsp3) is 0.267. The van der Waals surface area contributed by atoms with Crippen LogP contribution in [0.15, 0.2) is 34.0 Å². The molecule has 3 aromatic rings. The maximum Gasteiger partial charge on any atom is 0.178 e. The van der Waals surface area contributed by atoms with Crippen molar-refractivity contribution in [3.8, 4) is 0 Å². The first-order valence-electron chi connectivity index (χ1n) is 7.49. The zero-order chi connectivity index (χ0) is 17.8. The average Bonchev–Trinajstić information content (AvgIpc) is 2.85. The topological polar surface area (TPSA) is 89.8 Å². The molecule has 3 heterocycles. The van der Waals surface area contributed by atoms with Crippen LogP contribution in [-0.2, 0) is 16.9 Å². The number of rotatable bonds is 2. The lowest BCUT2D eigenvalue weighted by atomic mass is 10.0. The summed E-state index contributed by atoms with van der Waals surface area (Å²) in [6.45, 7) is 0. The molecule has 1 aliphatic heterocycles. The van der Waals surface area contributed by atoms with Gasteiger partial charge in [-0.3, -0.25) is 0 Å². The zero-order valence-corrected chi connectivity index (χ0v) is 16.2. The van der Waals surface area contributed by atoms with E-state index in [2.05, 4.69) is 36.3 Å². The Morgan fingerprint density at radius 1 is 1.36 bits per heavy atom. The van der Waals surface area contributed by atoms with Gasteiger partial charge in [0.2, 0.25) is 0 Å². The van der Waals surface area contributed by atoms with Crippen LogP contribution in [0.5, 0.6) is 0 Å². The Balaban J connectivity index is 1.82. The third-order valence-electron chi connectivity index (χ3n) is 4.25. The molecular formula is C15H13BrClN5O2S. The van der Waals surface area contributed by atoms with Gasteiger partial charge < -0.3 is 5.32 Å². The molecule has 0 saturated carbocycles. The highest BCUT2D eigenvalue weighted by Crippen LogP contribution is 2.37. The fourth-order valence-corrected chi connectivity index (χ4v) is 5.46. The van der Waals surface area contributed by atoms with Crippen LogP contribution in [-0.4, -0.2) is 33.9 Å². The van der Waals surface area contributed by atoms with E-state index in [0.717, 1.165) is 5.39 Å². The van der Waals surface area contributed by atoms with Crippen LogP contribution in [0, 0.1) is 0 Å². The van der Waals surface area contributed by atoms with Gasteiger partial charge in [-0.05, 0) is 46.1 Å². The Morgan fingerprint density at radius 3 is 2.96 bits per heavy atom. The summed E-state index contributed by atoms with van der Waals surface area (Å²) in [6, 6.07) is 4.64. The summed E-state index contributed by atoms with van der Waals surface area (Å²) in [7, 11) is -1.49. The van der Waals surface area contributed by atoms with Crippen molar-refractivity contribution in [3.63, 3.8) is 0 Å². The van der Waals surface area contributed by atoms with Gasteiger partial charge in [0, 0.05) is 12.1 Å². The van der Waals surface area contributed by atoms with Gasteiger partial charge in [0.05, 0.1) is 22.1 Å². The van der Waals surface area contributed by atoms with Crippen LogP contribution < -0.4 is 5.32 Å². The molecule has 0 radical (unpaired) electrons. The van der Waals surface area contributed by atoms with E-state index < -0.39 is 9.84 Å². The minimum absolute atomic E-state index is 0.0712. The molecule has 0 amide bonds. The van der Waals surface area contributed by atoms with Crippen molar-refractivity contribution in [1.29, 1.82) is 0 Å². The summed E-state index contributed by atoms with van der Waals surface area (Å²) in [5.74, 6) is 0.669. The first-order valence-corrected chi connectivity index (χ1v) is 10.3. The Hall–Kier alpha value is -1.71. The molecular weight excluding hydrogens is 430 g/mol. The fourth-order valence-electron chi connectivity index (χ4n) is 3.08. The number of hydrogen-bond acceptors (Lipinski definition) is 6. The molecule has 130 valence electrons. The molecule has 10 heteroatoms. The third-order valence-corrected chi connectivity index (χ3v) is 6.85. The second-order valence-electron chi connectivity index (χ2n) is 5.82. The van der Waals surface area contributed by atoms with Crippen LogP contribution in [0.4, 0.5) is 5.82 Å². The summed E-state index contributed by atoms with van der Waals surface area (Å²) in [5.41, 5.74) is 1.34. The lowest BCUT2D eigenvalue weighted by Gasteiger charge is -2.27. The van der Waals surface area contributed by atoms with Crippen LogP contribution in [0.1, 0.15) is 18.0 Å². The maximum absolute atomic E-state index is 12.3. The molecule has 1 N–H and O–H groups in total. The lowest BCUT2D eigenvalue weighted by molar-refractivity contribution is 0.576. The predicted molar refractivity (Wildman–Crippen MR) is 98.5 cm³/mol. The Bertz CT molecular complexity index is 1100. The van der Waals surface area contributed by atoms with Gasteiger partial charge in [-0.15, -0.1) is 0 Å². The van der Waals surface area contributed by atoms with Crippen molar-refractivity contribution in [2.75, 3.05) is 11.1 Å². The second kappa shape index (κ2) is 5.93. The van der Waals surface area contributed by atoms with Crippen molar-refractivity contribution in [1.82, 2.24) is 19.7 Å². The number of nitrogens with zero attached hydrogens (tertiary/aromatic N) is 4. The summed E-state index contributed by atoms with van der Waals surface area (Å²) < 4.78 is 27.0. The number of benzene rings is 1. The van der Waals surface area contributed by atoms with Gasteiger partial charge in [-0.1, -0.05) is 11.6 Å². The average molecular weight is 443 g/mol. The number of anilines is 1. The van der Waals surface area contributed by atoms with Crippen LogP contribution >= 0.6 is 27.5 Å². The third kappa shape index (κ3) is 2.80. The standard InChI is InChI=1S/C15H13BrClN5O2S/c1-22-15-12(13(16)21-22)14(18-7-19-15)20-10-4-5-25(23,24)11-3-2-8(17)6-9(10)11/h2-3,6-7,10H,4-5H2,1H3,(H,18,19,20). The number of sulfone groups is 1. The van der Waals surface area contributed by atoms with Gasteiger partial charge in [0.1, 0.15) is 16.7 Å². The highest BCUT2D eigenvalue weighted by molar-refractivity contribution is 9.10. The van der Waals surface area contributed by atoms with E-state index in [9.17, 15) is 8.42 Å². The molecule has 0 aliphatic carbocycles. The molecule has 1 unspecified atom stereocenters. The maximum atomic E-state index is 12.3. The van der Waals surface area contributed by atoms with Crippen molar-refractivity contribution in [3.05, 3.63) is 39.7 Å². The molecule has 4 rings (SSSR count). The van der Waals surface area contributed by atoms with E-state index in [1.165, 1.54) is 6.33 Å². The van der Waals surface area contributed by atoms with Gasteiger partial charge >= 0.3 is 0 Å². The normalized spacial score (nSPS) is 18.9. The summed E-state index contributed by atoms with van der Waals surface area (Å²) >= 11 is 9.52. The molecule has 25 heavy (non-hydrogen) atoms. The molecule has 0 fully saturated rings. The number of nitrogens with one attached hydrogen (secondary N) is 1. The first kappa shape index (κ1) is 16.7. The van der Waals surface area contributed by atoms with Crippen LogP contribution in [0.2, 0.25) is 5.02 Å². The van der Waals surface area contributed by atoms with E-state index in [0.29, 0.717) is 38.0 Å². The molecule has 0 bridgehead atoms. The Morgan fingerprint density at radius 2 is 2.16 bits per heavy atom. The summed E-state index contributed by atoms with van der Waals surface area (Å²) in [4.78, 5) is 8.87. The van der Waals surface area contributed by atoms with Gasteiger partial charge in [0.25, 0.3) is 0 Å². The minimum Gasteiger partial charge on any atom is -0.362 e. The van der Waals surface area contributed by atoms with E-state index in [-0.39, 0.29) is 11.8 Å². The van der Waals surface area contributed by atoms with Crippen molar-refractivity contribution < 1.29 is 8.42 Å². The Labute approximate surface area is 157 Å². The van der Waals surface area contributed by atoms with Crippen molar-refractivity contribution >= 4 is 54.2 Å². The predicted octanol–water partition coefficient (Wildman–Crippen LogP) is 3.11. The monoisotopic (exact) mass is 441 g/mol. The molecule has 0 spiro atoms. The SMILES string of the molecule is Cn1nc(Br)c2c(NC3CCS(=O)(=O)c4ccc(Cl)cc43)ncnc21. The molecule has 7 nitrogen and oxygen atoms in total. The molecule has 2 aromatic heterocycles. The van der Waals surface area contributed by atoms with E-state index >= 15 is 0 Å². The number of aryl methyl sites for hydroxylation is 1. The van der Waals surface area contributed by atoms with E-state index in [1.54, 1.807) is 29.9 Å². The lowest BCUT2D eigenvalue weighted by Crippen LogP contribution is -2.25. The second-order valence-corrected chi connectivity index (χ2v) is 9.09. The summed E-state index contributed by atoms with van der Waals surface area (Å²) in [5, 5.41) is 8.89. The van der Waals surface area contributed by atoms with Crippen molar-refractivity contribution in [2.24, 2.45) is 7.05 Å². The molecule has 1 atom stereocenters.